The molecule has 0 aromatic heterocycles. The van der Waals surface area contributed by atoms with Crippen molar-refractivity contribution in [3.8, 4) is 5.75 Å². The molecule has 2 aromatic rings. The van der Waals surface area contributed by atoms with Gasteiger partial charge in [0.15, 0.2) is 5.96 Å². The van der Waals surface area contributed by atoms with Gasteiger partial charge in [-0.1, -0.05) is 30.3 Å². The fourth-order valence-corrected chi connectivity index (χ4v) is 4.50. The highest BCUT2D eigenvalue weighted by Gasteiger charge is 2.27. The van der Waals surface area contributed by atoms with Crippen molar-refractivity contribution in [1.82, 2.24) is 10.2 Å². The standard InChI is InChI=1S/C25H32N4O3/c1-2-31-24(30)23(18-5-7-21(8-6-18)32-22-9-12-28-13-10-22)19-4-3-17-11-14-29(25(26)27)16-20(17)15-19/h3-8,15,22-23,28H,2,9-14,16H2,1H3,(H3,26,27). The van der Waals surface area contributed by atoms with Gasteiger partial charge in [-0.25, -0.2) is 0 Å². The molecule has 1 unspecified atom stereocenters. The lowest BCUT2D eigenvalue weighted by molar-refractivity contribution is -0.143. The molecule has 7 heteroatoms. The first-order valence-electron chi connectivity index (χ1n) is 11.4. The number of nitrogens with two attached hydrogens (primary N) is 1. The third kappa shape index (κ3) is 5.05. The summed E-state index contributed by atoms with van der Waals surface area (Å²) >= 11 is 0. The van der Waals surface area contributed by atoms with Crippen LogP contribution < -0.4 is 15.8 Å². The Morgan fingerprint density at radius 3 is 2.56 bits per heavy atom. The Kier molecular flexibility index (Phi) is 6.95. The third-order valence-corrected chi connectivity index (χ3v) is 6.24. The molecule has 0 radical (unpaired) electrons. The monoisotopic (exact) mass is 436 g/mol. The second-order valence-electron chi connectivity index (χ2n) is 8.41. The fraction of sp³-hybridized carbons (Fsp3) is 0.440. The lowest BCUT2D eigenvalue weighted by Crippen LogP contribution is -2.40. The second kappa shape index (κ2) is 10.0. The number of hydrogen-bond donors (Lipinski definition) is 3. The van der Waals surface area contributed by atoms with Crippen molar-refractivity contribution in [1.29, 1.82) is 5.41 Å². The van der Waals surface area contributed by atoms with Gasteiger partial charge in [0.25, 0.3) is 0 Å². The molecular weight excluding hydrogens is 404 g/mol. The molecule has 2 aliphatic rings. The van der Waals surface area contributed by atoms with Gasteiger partial charge >= 0.3 is 5.97 Å². The number of carbonyl (C=O) groups is 1. The Morgan fingerprint density at radius 1 is 1.16 bits per heavy atom. The van der Waals surface area contributed by atoms with E-state index in [1.54, 1.807) is 0 Å². The van der Waals surface area contributed by atoms with Crippen molar-refractivity contribution in [3.63, 3.8) is 0 Å². The Balaban J connectivity index is 1.58. The molecule has 2 aliphatic heterocycles. The van der Waals surface area contributed by atoms with E-state index in [-0.39, 0.29) is 18.0 Å². The zero-order chi connectivity index (χ0) is 22.5. The van der Waals surface area contributed by atoms with E-state index in [0.29, 0.717) is 13.2 Å². The van der Waals surface area contributed by atoms with Gasteiger partial charge in [0, 0.05) is 13.1 Å². The molecule has 1 atom stereocenters. The van der Waals surface area contributed by atoms with Crippen LogP contribution in [0.2, 0.25) is 0 Å². The number of nitrogens with zero attached hydrogens (tertiary/aromatic N) is 1. The van der Waals surface area contributed by atoms with Gasteiger partial charge in [-0.15, -0.1) is 0 Å². The van der Waals surface area contributed by atoms with Crippen LogP contribution in [0.15, 0.2) is 42.5 Å². The summed E-state index contributed by atoms with van der Waals surface area (Å²) < 4.78 is 11.5. The molecule has 4 N–H and O–H groups in total. The van der Waals surface area contributed by atoms with Crippen LogP contribution >= 0.6 is 0 Å². The van der Waals surface area contributed by atoms with Gasteiger partial charge in [0.2, 0.25) is 0 Å². The SMILES string of the molecule is CCOC(=O)C(c1ccc(OC2CCNCC2)cc1)c1ccc2c(c1)CN(C(=N)N)CC2. The van der Waals surface area contributed by atoms with Gasteiger partial charge in [-0.2, -0.15) is 0 Å². The van der Waals surface area contributed by atoms with E-state index in [2.05, 4.69) is 17.4 Å². The highest BCUT2D eigenvalue weighted by Crippen LogP contribution is 2.31. The van der Waals surface area contributed by atoms with Gasteiger partial charge in [0.05, 0.1) is 6.61 Å². The first-order valence-corrected chi connectivity index (χ1v) is 11.4. The van der Waals surface area contributed by atoms with E-state index < -0.39 is 5.92 Å². The normalized spacial score (nSPS) is 17.3. The third-order valence-electron chi connectivity index (χ3n) is 6.24. The zero-order valence-corrected chi connectivity index (χ0v) is 18.6. The van der Waals surface area contributed by atoms with Crippen LogP contribution in [0.4, 0.5) is 0 Å². The molecule has 1 fully saturated rings. The Bertz CT molecular complexity index is 954. The van der Waals surface area contributed by atoms with Gasteiger partial charge in [-0.05, 0) is 73.7 Å². The fourth-order valence-electron chi connectivity index (χ4n) is 4.50. The summed E-state index contributed by atoms with van der Waals surface area (Å²) in [5.74, 6) is 0.123. The van der Waals surface area contributed by atoms with Crippen LogP contribution in [0.25, 0.3) is 0 Å². The number of piperidine rings is 1. The summed E-state index contributed by atoms with van der Waals surface area (Å²) in [6, 6.07) is 14.0. The van der Waals surface area contributed by atoms with Crippen LogP contribution in [-0.4, -0.2) is 49.2 Å². The minimum atomic E-state index is -0.513. The highest BCUT2D eigenvalue weighted by atomic mass is 16.5. The minimum absolute atomic E-state index is 0.0762. The Morgan fingerprint density at radius 2 is 1.88 bits per heavy atom. The number of benzene rings is 2. The molecule has 4 rings (SSSR count). The molecule has 1 saturated heterocycles. The molecule has 170 valence electrons. The number of carbonyl (C=O) groups excluding carboxylic acids is 1. The topological polar surface area (TPSA) is 101 Å². The molecule has 0 saturated carbocycles. The van der Waals surface area contributed by atoms with Crippen LogP contribution in [0.5, 0.6) is 5.75 Å². The first kappa shape index (κ1) is 22.1. The molecule has 32 heavy (non-hydrogen) atoms. The molecule has 7 nitrogen and oxygen atoms in total. The maximum absolute atomic E-state index is 13.0. The number of guanidine groups is 1. The lowest BCUT2D eigenvalue weighted by Gasteiger charge is -2.30. The molecular formula is C25H32N4O3. The van der Waals surface area contributed by atoms with Crippen LogP contribution in [0.3, 0.4) is 0 Å². The average Bonchev–Trinajstić information content (AvgIpc) is 2.81. The van der Waals surface area contributed by atoms with Crippen molar-refractivity contribution >= 4 is 11.9 Å². The van der Waals surface area contributed by atoms with Gasteiger partial charge in [-0.3, -0.25) is 10.2 Å². The molecule has 2 heterocycles. The summed E-state index contributed by atoms with van der Waals surface area (Å²) in [5.41, 5.74) is 9.80. The number of nitrogens with one attached hydrogen (secondary N) is 2. The van der Waals surface area contributed by atoms with E-state index in [0.717, 1.165) is 61.3 Å². The van der Waals surface area contributed by atoms with Crippen LogP contribution in [0, 0.1) is 5.41 Å². The van der Waals surface area contributed by atoms with Crippen molar-refractivity contribution in [3.05, 3.63) is 64.7 Å². The van der Waals surface area contributed by atoms with Crippen molar-refractivity contribution in [2.75, 3.05) is 26.2 Å². The summed E-state index contributed by atoms with van der Waals surface area (Å²) in [6.45, 7) is 5.43. The Labute approximate surface area is 189 Å². The predicted molar refractivity (Wildman–Crippen MR) is 124 cm³/mol. The summed E-state index contributed by atoms with van der Waals surface area (Å²) in [5, 5.41) is 11.1. The van der Waals surface area contributed by atoms with Crippen LogP contribution in [0.1, 0.15) is 47.9 Å². The number of fused-ring (bicyclic) bond motifs is 1. The zero-order valence-electron chi connectivity index (χ0n) is 18.6. The minimum Gasteiger partial charge on any atom is -0.490 e. The highest BCUT2D eigenvalue weighted by molar-refractivity contribution is 5.82. The molecule has 0 aliphatic carbocycles. The number of esters is 1. The maximum Gasteiger partial charge on any atom is 0.317 e. The largest absolute Gasteiger partial charge is 0.490 e. The van der Waals surface area contributed by atoms with E-state index in [4.69, 9.17) is 20.6 Å². The number of rotatable bonds is 6. The first-order chi connectivity index (χ1) is 15.5. The van der Waals surface area contributed by atoms with Gasteiger partial charge < -0.3 is 25.4 Å². The number of hydrogen-bond acceptors (Lipinski definition) is 5. The van der Waals surface area contributed by atoms with Crippen molar-refractivity contribution in [2.45, 2.75) is 44.8 Å². The van der Waals surface area contributed by atoms with E-state index in [9.17, 15) is 4.79 Å². The van der Waals surface area contributed by atoms with Gasteiger partial charge in [0.1, 0.15) is 17.8 Å². The van der Waals surface area contributed by atoms with Crippen molar-refractivity contribution < 1.29 is 14.3 Å². The molecule has 0 spiro atoms. The van der Waals surface area contributed by atoms with E-state index >= 15 is 0 Å². The average molecular weight is 437 g/mol. The summed E-state index contributed by atoms with van der Waals surface area (Å²) in [6.07, 6.45) is 3.06. The van der Waals surface area contributed by atoms with E-state index in [1.807, 2.05) is 42.2 Å². The summed E-state index contributed by atoms with van der Waals surface area (Å²) in [4.78, 5) is 14.8. The second-order valence-corrected chi connectivity index (χ2v) is 8.41. The Hall–Kier alpha value is -3.06. The predicted octanol–water partition coefficient (Wildman–Crippen LogP) is 2.76. The summed E-state index contributed by atoms with van der Waals surface area (Å²) in [7, 11) is 0. The molecule has 0 amide bonds. The van der Waals surface area contributed by atoms with E-state index in [1.165, 1.54) is 5.56 Å². The smallest absolute Gasteiger partial charge is 0.317 e. The lowest BCUT2D eigenvalue weighted by atomic mass is 9.87. The quantitative estimate of drug-likeness (QED) is 0.366. The maximum atomic E-state index is 13.0. The van der Waals surface area contributed by atoms with Crippen LogP contribution in [-0.2, 0) is 22.5 Å². The number of ether oxygens (including phenoxy) is 2. The van der Waals surface area contributed by atoms with Crippen molar-refractivity contribution in [2.24, 2.45) is 5.73 Å². The molecule has 0 bridgehead atoms. The molecule has 2 aromatic carbocycles.